The Labute approximate surface area is 126 Å². The molecule has 0 fully saturated rings. The van der Waals surface area contributed by atoms with Gasteiger partial charge in [0.05, 0.1) is 5.69 Å². The second-order valence-corrected chi connectivity index (χ2v) is 5.19. The first kappa shape index (κ1) is 14.4. The zero-order chi connectivity index (χ0) is 15.7. The Kier molecular flexibility index (Phi) is 3.71. The zero-order valence-corrected chi connectivity index (χ0v) is 12.0. The van der Waals surface area contributed by atoms with Crippen molar-refractivity contribution in [1.82, 2.24) is 0 Å². The van der Waals surface area contributed by atoms with E-state index >= 15 is 0 Å². The molecule has 0 saturated heterocycles. The first-order valence-corrected chi connectivity index (χ1v) is 6.98. The smallest absolute Gasteiger partial charge is 0.247 e. The molecule has 1 aliphatic heterocycles. The molecule has 2 aromatic rings. The number of halogens is 2. The Morgan fingerprint density at radius 3 is 2.59 bits per heavy atom. The first-order valence-electron chi connectivity index (χ1n) is 6.98. The molecule has 0 saturated carbocycles. The number of hydrazone groups is 1. The van der Waals surface area contributed by atoms with Crippen LogP contribution in [0.1, 0.15) is 18.4 Å². The molecule has 0 bridgehead atoms. The quantitative estimate of drug-likeness (QED) is 0.823. The zero-order valence-electron chi connectivity index (χ0n) is 12.0. The normalized spacial score (nSPS) is 14.5. The van der Waals surface area contributed by atoms with Gasteiger partial charge in [-0.1, -0.05) is 11.6 Å². The van der Waals surface area contributed by atoms with Crippen LogP contribution in [-0.4, -0.2) is 12.1 Å². The lowest BCUT2D eigenvalue weighted by atomic mass is 10.0. The molecule has 3 rings (SSSR count). The fourth-order valence-corrected chi connectivity index (χ4v) is 2.41. The van der Waals surface area contributed by atoms with Gasteiger partial charge in [-0.15, -0.1) is 0 Å². The molecule has 5 heteroatoms. The van der Waals surface area contributed by atoms with Crippen molar-refractivity contribution in [2.24, 2.45) is 5.10 Å². The lowest BCUT2D eigenvalue weighted by Crippen LogP contribution is -2.28. The number of anilines is 1. The van der Waals surface area contributed by atoms with Crippen molar-refractivity contribution in [3.05, 3.63) is 53.6 Å². The lowest BCUT2D eigenvalue weighted by molar-refractivity contribution is -0.118. The Morgan fingerprint density at radius 2 is 1.86 bits per heavy atom. The number of nitrogens with zero attached hydrogens (tertiary/aromatic N) is 2. The fourth-order valence-electron chi connectivity index (χ4n) is 2.41. The van der Waals surface area contributed by atoms with E-state index in [0.29, 0.717) is 18.5 Å². The van der Waals surface area contributed by atoms with E-state index < -0.39 is 11.6 Å². The van der Waals surface area contributed by atoms with Crippen LogP contribution < -0.4 is 5.01 Å². The SMILES string of the molecule is Cc1ccc(F)c(-c2ccc(N3N=CCCC3=O)cc2F)c1. The molecule has 22 heavy (non-hydrogen) atoms. The van der Waals surface area contributed by atoms with Gasteiger partial charge in [-0.3, -0.25) is 4.79 Å². The number of carbonyl (C=O) groups is 1. The van der Waals surface area contributed by atoms with Crippen LogP contribution in [0.4, 0.5) is 14.5 Å². The van der Waals surface area contributed by atoms with Crippen LogP contribution in [0.3, 0.4) is 0 Å². The highest BCUT2D eigenvalue weighted by Crippen LogP contribution is 2.30. The summed E-state index contributed by atoms with van der Waals surface area (Å²) in [5.74, 6) is -1.25. The third-order valence-corrected chi connectivity index (χ3v) is 3.53. The second-order valence-electron chi connectivity index (χ2n) is 5.19. The number of hydrogen-bond acceptors (Lipinski definition) is 2. The van der Waals surface area contributed by atoms with Crippen LogP contribution in [-0.2, 0) is 4.79 Å². The van der Waals surface area contributed by atoms with Crippen molar-refractivity contribution in [2.45, 2.75) is 19.8 Å². The standard InChI is InChI=1S/C17H14F2N2O/c1-11-4-7-15(18)14(9-11)13-6-5-12(10-16(13)19)21-17(22)3-2-8-20-21/h4-10H,2-3H2,1H3. The molecule has 2 aromatic carbocycles. The van der Waals surface area contributed by atoms with Crippen LogP contribution in [0.5, 0.6) is 0 Å². The van der Waals surface area contributed by atoms with Gasteiger partial charge in [-0.25, -0.2) is 13.8 Å². The van der Waals surface area contributed by atoms with E-state index in [4.69, 9.17) is 0 Å². The summed E-state index contributed by atoms with van der Waals surface area (Å²) >= 11 is 0. The van der Waals surface area contributed by atoms with Crippen molar-refractivity contribution < 1.29 is 13.6 Å². The van der Waals surface area contributed by atoms with Crippen LogP contribution in [0, 0.1) is 18.6 Å². The molecule has 0 radical (unpaired) electrons. The highest BCUT2D eigenvalue weighted by atomic mass is 19.1. The van der Waals surface area contributed by atoms with E-state index in [2.05, 4.69) is 5.10 Å². The number of benzene rings is 2. The molecule has 3 nitrogen and oxygen atoms in total. The van der Waals surface area contributed by atoms with Crippen molar-refractivity contribution >= 4 is 17.8 Å². The summed E-state index contributed by atoms with van der Waals surface area (Å²) < 4.78 is 28.3. The minimum atomic E-state index is -0.587. The van der Waals surface area contributed by atoms with E-state index in [9.17, 15) is 13.6 Å². The van der Waals surface area contributed by atoms with Crippen LogP contribution in [0.15, 0.2) is 41.5 Å². The fraction of sp³-hybridized carbons (Fsp3) is 0.176. The van der Waals surface area contributed by atoms with Crippen LogP contribution >= 0.6 is 0 Å². The van der Waals surface area contributed by atoms with Crippen molar-refractivity contribution in [3.8, 4) is 11.1 Å². The summed E-state index contributed by atoms with van der Waals surface area (Å²) in [6.45, 7) is 1.82. The van der Waals surface area contributed by atoms with Gasteiger partial charge >= 0.3 is 0 Å². The molecule has 1 amide bonds. The number of carbonyl (C=O) groups excluding carboxylic acids is 1. The van der Waals surface area contributed by atoms with Gasteiger partial charge < -0.3 is 0 Å². The largest absolute Gasteiger partial charge is 0.273 e. The Morgan fingerprint density at radius 1 is 1.05 bits per heavy atom. The average Bonchev–Trinajstić information content (AvgIpc) is 2.50. The Bertz CT molecular complexity index is 771. The maximum Gasteiger partial charge on any atom is 0.247 e. The Hall–Kier alpha value is -2.56. The number of amides is 1. The van der Waals surface area contributed by atoms with E-state index in [1.54, 1.807) is 24.4 Å². The van der Waals surface area contributed by atoms with Gasteiger partial charge in [0, 0.05) is 29.8 Å². The molecule has 0 spiro atoms. The molecule has 0 atom stereocenters. The van der Waals surface area contributed by atoms with Gasteiger partial charge in [0.25, 0.3) is 0 Å². The van der Waals surface area contributed by atoms with E-state index in [1.165, 1.54) is 23.2 Å². The summed E-state index contributed by atoms with van der Waals surface area (Å²) in [5, 5.41) is 5.14. The lowest BCUT2D eigenvalue weighted by Gasteiger charge is -2.20. The van der Waals surface area contributed by atoms with E-state index in [-0.39, 0.29) is 17.0 Å². The first-order chi connectivity index (χ1) is 10.6. The molecular weight excluding hydrogens is 286 g/mol. The van der Waals surface area contributed by atoms with Gasteiger partial charge in [0.2, 0.25) is 5.91 Å². The van der Waals surface area contributed by atoms with E-state index in [0.717, 1.165) is 5.56 Å². The monoisotopic (exact) mass is 300 g/mol. The van der Waals surface area contributed by atoms with Crippen molar-refractivity contribution in [2.75, 3.05) is 5.01 Å². The third kappa shape index (κ3) is 2.62. The summed E-state index contributed by atoms with van der Waals surface area (Å²) in [6.07, 6.45) is 2.55. The molecule has 0 aliphatic carbocycles. The molecular formula is C17H14F2N2O. The summed E-state index contributed by atoms with van der Waals surface area (Å²) in [5.41, 5.74) is 1.56. The summed E-state index contributed by atoms with van der Waals surface area (Å²) in [6, 6.07) is 8.79. The number of aryl methyl sites for hydroxylation is 1. The highest BCUT2D eigenvalue weighted by Gasteiger charge is 2.19. The van der Waals surface area contributed by atoms with Gasteiger partial charge in [0.15, 0.2) is 0 Å². The van der Waals surface area contributed by atoms with Gasteiger partial charge in [0.1, 0.15) is 11.6 Å². The minimum Gasteiger partial charge on any atom is -0.273 e. The van der Waals surface area contributed by atoms with Gasteiger partial charge in [-0.2, -0.15) is 5.10 Å². The van der Waals surface area contributed by atoms with Crippen LogP contribution in [0.2, 0.25) is 0 Å². The predicted octanol–water partition coefficient (Wildman–Crippen LogP) is 4.05. The summed E-state index contributed by atoms with van der Waals surface area (Å²) in [7, 11) is 0. The highest BCUT2D eigenvalue weighted by molar-refractivity contribution is 5.97. The molecule has 1 heterocycles. The van der Waals surface area contributed by atoms with Crippen molar-refractivity contribution in [3.63, 3.8) is 0 Å². The maximum atomic E-state index is 14.4. The third-order valence-electron chi connectivity index (χ3n) is 3.53. The average molecular weight is 300 g/mol. The predicted molar refractivity (Wildman–Crippen MR) is 81.7 cm³/mol. The second kappa shape index (κ2) is 5.67. The summed E-state index contributed by atoms with van der Waals surface area (Å²) in [4.78, 5) is 11.8. The van der Waals surface area contributed by atoms with E-state index in [1.807, 2.05) is 6.92 Å². The molecule has 1 aliphatic rings. The van der Waals surface area contributed by atoms with Crippen LogP contribution in [0.25, 0.3) is 11.1 Å². The van der Waals surface area contributed by atoms with Gasteiger partial charge in [-0.05, 0) is 37.6 Å². The Balaban J connectivity index is 2.02. The molecule has 112 valence electrons. The minimum absolute atomic E-state index is 0.165. The maximum absolute atomic E-state index is 14.4. The number of hydrogen-bond donors (Lipinski definition) is 0. The molecule has 0 aromatic heterocycles. The topological polar surface area (TPSA) is 32.7 Å². The van der Waals surface area contributed by atoms with Crippen molar-refractivity contribution in [1.29, 1.82) is 0 Å². The molecule has 0 unspecified atom stereocenters. The molecule has 0 N–H and O–H groups in total. The number of rotatable bonds is 2.